The number of hydrogen-bond donors (Lipinski definition) is 0. The number of non-ortho nitro benzene ring substituents is 1. The fourth-order valence-electron chi connectivity index (χ4n) is 2.66. The lowest BCUT2D eigenvalue weighted by Crippen LogP contribution is -2.19. The topological polar surface area (TPSA) is 64.6 Å². The van der Waals surface area contributed by atoms with Crippen molar-refractivity contribution in [1.82, 2.24) is 4.40 Å². The van der Waals surface area contributed by atoms with Crippen LogP contribution < -0.4 is 0 Å². The van der Waals surface area contributed by atoms with Crippen LogP contribution in [0.1, 0.15) is 11.3 Å². The monoisotopic (exact) mass is 406 g/mol. The molecule has 0 aliphatic rings. The van der Waals surface area contributed by atoms with E-state index in [9.17, 15) is 28.1 Å². The molecular formula is C19H13F3N2O3S. The maximum Gasteiger partial charge on any atom is 0.454 e. The standard InChI is InChI=1S/C19H13F3N2O3S/c1-12-15(9-10-17(25)19(20,21)22)23-11-3-2-4-16(23)18(12)28-14-7-5-13(6-8-14)24(26)27/h2-11H,1H3/b10-9+. The SMILES string of the molecule is Cc1c(Sc2ccc([N+](=O)[O-])cc2)c2ccccn2c1/C=C/C(=O)C(F)(F)F. The second-order valence-corrected chi connectivity index (χ2v) is 6.93. The maximum absolute atomic E-state index is 12.5. The fraction of sp³-hybridized carbons (Fsp3) is 0.105. The van der Waals surface area contributed by atoms with E-state index in [1.54, 1.807) is 41.8 Å². The lowest BCUT2D eigenvalue weighted by atomic mass is 10.2. The minimum absolute atomic E-state index is 0.0305. The Hall–Kier alpha value is -3.07. The van der Waals surface area contributed by atoms with Crippen LogP contribution >= 0.6 is 11.8 Å². The first-order valence-corrected chi connectivity index (χ1v) is 8.81. The molecule has 5 nitrogen and oxygen atoms in total. The first kappa shape index (κ1) is 19.7. The number of benzene rings is 1. The summed E-state index contributed by atoms with van der Waals surface area (Å²) in [6, 6.07) is 11.3. The van der Waals surface area contributed by atoms with Gasteiger partial charge in [-0.3, -0.25) is 14.9 Å². The van der Waals surface area contributed by atoms with Gasteiger partial charge in [0.25, 0.3) is 11.5 Å². The Balaban J connectivity index is 2.02. The van der Waals surface area contributed by atoms with Crippen LogP contribution in [-0.2, 0) is 4.79 Å². The number of hydrogen-bond acceptors (Lipinski definition) is 4. The van der Waals surface area contributed by atoms with Crippen LogP contribution in [0.15, 0.2) is 64.5 Å². The van der Waals surface area contributed by atoms with Crippen molar-refractivity contribution in [3.05, 3.63) is 76.1 Å². The van der Waals surface area contributed by atoms with Crippen molar-refractivity contribution >= 4 is 34.8 Å². The van der Waals surface area contributed by atoms with Crippen molar-refractivity contribution in [2.75, 3.05) is 0 Å². The van der Waals surface area contributed by atoms with E-state index >= 15 is 0 Å². The average Bonchev–Trinajstić information content (AvgIpc) is 2.91. The summed E-state index contributed by atoms with van der Waals surface area (Å²) in [5.74, 6) is -1.93. The molecule has 0 aliphatic heterocycles. The number of carbonyl (C=O) groups excluding carboxylic acids is 1. The molecule has 3 rings (SSSR count). The highest BCUT2D eigenvalue weighted by atomic mass is 32.2. The summed E-state index contributed by atoms with van der Waals surface area (Å²) in [5, 5.41) is 10.8. The van der Waals surface area contributed by atoms with Crippen molar-refractivity contribution in [1.29, 1.82) is 0 Å². The molecular weight excluding hydrogens is 393 g/mol. The molecule has 0 saturated carbocycles. The Kier molecular flexibility index (Phi) is 5.28. The highest BCUT2D eigenvalue weighted by Gasteiger charge is 2.36. The summed E-state index contributed by atoms with van der Waals surface area (Å²) in [4.78, 5) is 23.0. The molecule has 0 atom stereocenters. The third-order valence-electron chi connectivity index (χ3n) is 4.02. The van der Waals surface area contributed by atoms with Crippen LogP contribution in [0, 0.1) is 17.0 Å². The molecule has 0 bridgehead atoms. The molecule has 0 amide bonds. The van der Waals surface area contributed by atoms with Gasteiger partial charge >= 0.3 is 6.18 Å². The molecule has 28 heavy (non-hydrogen) atoms. The Morgan fingerprint density at radius 3 is 2.46 bits per heavy atom. The molecule has 0 unspecified atom stereocenters. The van der Waals surface area contributed by atoms with Crippen LogP contribution in [0.5, 0.6) is 0 Å². The summed E-state index contributed by atoms with van der Waals surface area (Å²) in [7, 11) is 0. The number of aromatic nitrogens is 1. The quantitative estimate of drug-likeness (QED) is 0.321. The van der Waals surface area contributed by atoms with Crippen molar-refractivity contribution in [3.63, 3.8) is 0 Å². The van der Waals surface area contributed by atoms with E-state index in [0.29, 0.717) is 17.3 Å². The molecule has 3 aromatic rings. The molecule has 1 aromatic carbocycles. The van der Waals surface area contributed by atoms with Crippen LogP contribution in [0.4, 0.5) is 18.9 Å². The molecule has 0 fully saturated rings. The third-order valence-corrected chi connectivity index (χ3v) is 5.24. The second kappa shape index (κ2) is 7.51. The predicted molar refractivity (Wildman–Crippen MR) is 99.4 cm³/mol. The molecule has 0 radical (unpaired) electrons. The number of pyridine rings is 1. The number of nitrogens with zero attached hydrogens (tertiary/aromatic N) is 2. The van der Waals surface area contributed by atoms with E-state index in [4.69, 9.17) is 0 Å². The zero-order valence-electron chi connectivity index (χ0n) is 14.4. The minimum atomic E-state index is -4.92. The van der Waals surface area contributed by atoms with Gasteiger partial charge in [-0.15, -0.1) is 0 Å². The Bertz CT molecular complexity index is 1090. The van der Waals surface area contributed by atoms with Crippen molar-refractivity contribution in [2.24, 2.45) is 0 Å². The molecule has 0 aliphatic carbocycles. The zero-order chi connectivity index (χ0) is 20.5. The van der Waals surface area contributed by atoms with Crippen LogP contribution in [0.25, 0.3) is 11.6 Å². The summed E-state index contributed by atoms with van der Waals surface area (Å²) < 4.78 is 39.2. The fourth-order valence-corrected chi connectivity index (χ4v) is 3.70. The summed E-state index contributed by atoms with van der Waals surface area (Å²) in [6.45, 7) is 1.75. The van der Waals surface area contributed by atoms with Gasteiger partial charge in [0.1, 0.15) is 0 Å². The van der Waals surface area contributed by atoms with Gasteiger partial charge in [0.15, 0.2) is 0 Å². The van der Waals surface area contributed by atoms with E-state index in [1.807, 2.05) is 6.07 Å². The smallest absolute Gasteiger partial charge is 0.316 e. The van der Waals surface area contributed by atoms with E-state index in [1.165, 1.54) is 23.9 Å². The van der Waals surface area contributed by atoms with Crippen LogP contribution in [-0.4, -0.2) is 21.3 Å². The van der Waals surface area contributed by atoms with E-state index in [2.05, 4.69) is 0 Å². The lowest BCUT2D eigenvalue weighted by molar-refractivity contribution is -0.384. The normalized spacial score (nSPS) is 12.0. The van der Waals surface area contributed by atoms with Crippen LogP contribution in [0.2, 0.25) is 0 Å². The van der Waals surface area contributed by atoms with Gasteiger partial charge in [0.2, 0.25) is 0 Å². The van der Waals surface area contributed by atoms with Gasteiger partial charge in [-0.1, -0.05) is 17.8 Å². The van der Waals surface area contributed by atoms with Gasteiger partial charge in [-0.25, -0.2) is 0 Å². The molecule has 2 heterocycles. The Morgan fingerprint density at radius 1 is 1.18 bits per heavy atom. The van der Waals surface area contributed by atoms with E-state index in [0.717, 1.165) is 21.4 Å². The summed E-state index contributed by atoms with van der Waals surface area (Å²) in [5.41, 5.74) is 1.87. The van der Waals surface area contributed by atoms with Crippen molar-refractivity contribution in [2.45, 2.75) is 22.9 Å². The van der Waals surface area contributed by atoms with Crippen molar-refractivity contribution in [3.8, 4) is 0 Å². The largest absolute Gasteiger partial charge is 0.454 e. The zero-order valence-corrected chi connectivity index (χ0v) is 15.3. The predicted octanol–water partition coefficient (Wildman–Crippen LogP) is 5.45. The number of carbonyl (C=O) groups is 1. The number of nitro groups is 1. The maximum atomic E-state index is 12.5. The van der Waals surface area contributed by atoms with Gasteiger partial charge in [-0.05, 0) is 48.9 Å². The molecule has 144 valence electrons. The molecule has 0 spiro atoms. The third kappa shape index (κ3) is 3.94. The van der Waals surface area contributed by atoms with Gasteiger partial charge in [0, 0.05) is 33.8 Å². The number of fused-ring (bicyclic) bond motifs is 1. The number of ketones is 1. The summed E-state index contributed by atoms with van der Waals surface area (Å²) >= 11 is 1.34. The number of alkyl halides is 3. The lowest BCUT2D eigenvalue weighted by Gasteiger charge is -2.02. The van der Waals surface area contributed by atoms with Gasteiger partial charge < -0.3 is 4.40 Å². The average molecular weight is 406 g/mol. The first-order chi connectivity index (χ1) is 13.2. The first-order valence-electron chi connectivity index (χ1n) is 7.99. The van der Waals surface area contributed by atoms with Gasteiger partial charge in [0.05, 0.1) is 10.4 Å². The molecule has 2 aromatic heterocycles. The number of nitro benzene ring substituents is 1. The molecule has 0 saturated heterocycles. The molecule has 0 N–H and O–H groups in total. The number of rotatable bonds is 5. The van der Waals surface area contributed by atoms with E-state index < -0.39 is 16.9 Å². The summed E-state index contributed by atoms with van der Waals surface area (Å²) in [6.07, 6.45) is -1.56. The Morgan fingerprint density at radius 2 is 1.86 bits per heavy atom. The molecule has 9 heteroatoms. The number of allylic oxidation sites excluding steroid dienone is 1. The Labute approximate surface area is 161 Å². The second-order valence-electron chi connectivity index (χ2n) is 5.84. The number of halogens is 3. The highest BCUT2D eigenvalue weighted by Crippen LogP contribution is 2.38. The van der Waals surface area contributed by atoms with Crippen LogP contribution in [0.3, 0.4) is 0 Å². The highest BCUT2D eigenvalue weighted by molar-refractivity contribution is 7.99. The van der Waals surface area contributed by atoms with Gasteiger partial charge in [-0.2, -0.15) is 13.2 Å². The van der Waals surface area contributed by atoms with Crippen molar-refractivity contribution < 1.29 is 22.9 Å². The minimum Gasteiger partial charge on any atom is -0.316 e. The van der Waals surface area contributed by atoms with E-state index in [-0.39, 0.29) is 5.69 Å².